The summed E-state index contributed by atoms with van der Waals surface area (Å²) in [5, 5.41) is 5.91. The number of benzene rings is 2. The molecule has 2 aromatic rings. The van der Waals surface area contributed by atoms with E-state index >= 15 is 0 Å². The molecule has 2 amide bonds. The summed E-state index contributed by atoms with van der Waals surface area (Å²) in [7, 11) is 0. The largest absolute Gasteiger partial charge is 0.371 e. The highest BCUT2D eigenvalue weighted by atomic mass is 16.2. The topological polar surface area (TPSA) is 61.4 Å². The van der Waals surface area contributed by atoms with Crippen LogP contribution in [0.4, 0.5) is 5.69 Å². The van der Waals surface area contributed by atoms with Gasteiger partial charge in [0, 0.05) is 30.9 Å². The number of hydrogen-bond acceptors (Lipinski definition) is 3. The third-order valence-electron chi connectivity index (χ3n) is 5.51. The third kappa shape index (κ3) is 5.17. The molecule has 0 bridgehead atoms. The Labute approximate surface area is 173 Å². The van der Waals surface area contributed by atoms with E-state index in [1.54, 1.807) is 6.07 Å². The fourth-order valence-corrected chi connectivity index (χ4v) is 3.81. The number of carbonyl (C=O) groups excluding carboxylic acids is 2. The molecule has 1 heterocycles. The van der Waals surface area contributed by atoms with Crippen molar-refractivity contribution in [3.8, 4) is 0 Å². The number of anilines is 1. The zero-order valence-electron chi connectivity index (χ0n) is 17.6. The molecule has 0 aromatic heterocycles. The maximum absolute atomic E-state index is 12.7. The molecule has 0 saturated carbocycles. The van der Waals surface area contributed by atoms with Crippen molar-refractivity contribution in [2.45, 2.75) is 39.7 Å². The van der Waals surface area contributed by atoms with E-state index in [4.69, 9.17) is 0 Å². The molecule has 5 nitrogen and oxygen atoms in total. The molecule has 0 spiro atoms. The first-order chi connectivity index (χ1) is 14.0. The van der Waals surface area contributed by atoms with Gasteiger partial charge in [0.2, 0.25) is 5.91 Å². The van der Waals surface area contributed by atoms with E-state index in [1.807, 2.05) is 39.0 Å². The first-order valence-electron chi connectivity index (χ1n) is 10.4. The summed E-state index contributed by atoms with van der Waals surface area (Å²) in [6.45, 7) is 8.34. The van der Waals surface area contributed by atoms with E-state index in [9.17, 15) is 9.59 Å². The molecule has 2 N–H and O–H groups in total. The van der Waals surface area contributed by atoms with Gasteiger partial charge in [0.25, 0.3) is 5.91 Å². The number of fused-ring (bicyclic) bond motifs is 1. The number of amides is 2. The molecular weight excluding hydrogens is 362 g/mol. The average molecular weight is 394 g/mol. The lowest BCUT2D eigenvalue weighted by Crippen LogP contribution is -2.50. The van der Waals surface area contributed by atoms with Gasteiger partial charge in [-0.15, -0.1) is 0 Å². The molecule has 29 heavy (non-hydrogen) atoms. The van der Waals surface area contributed by atoms with Crippen LogP contribution < -0.4 is 15.5 Å². The third-order valence-corrected chi connectivity index (χ3v) is 5.51. The van der Waals surface area contributed by atoms with Gasteiger partial charge in [-0.3, -0.25) is 9.59 Å². The lowest BCUT2D eigenvalue weighted by molar-refractivity contribution is -0.123. The van der Waals surface area contributed by atoms with Crippen LogP contribution in [0, 0.1) is 12.8 Å². The number of para-hydroxylation sites is 1. The minimum atomic E-state index is -0.547. The van der Waals surface area contributed by atoms with E-state index in [-0.39, 0.29) is 17.7 Å². The molecule has 5 heteroatoms. The Morgan fingerprint density at radius 2 is 1.79 bits per heavy atom. The highest BCUT2D eigenvalue weighted by Crippen LogP contribution is 2.27. The van der Waals surface area contributed by atoms with Gasteiger partial charge in [0.1, 0.15) is 6.04 Å². The second kappa shape index (κ2) is 9.59. The number of rotatable bonds is 8. The van der Waals surface area contributed by atoms with Gasteiger partial charge in [0.15, 0.2) is 0 Å². The van der Waals surface area contributed by atoms with Gasteiger partial charge < -0.3 is 15.5 Å². The van der Waals surface area contributed by atoms with E-state index in [1.165, 1.54) is 11.3 Å². The molecule has 3 rings (SSSR count). The SMILES string of the molecule is Cc1ccccc1C(=O)NC(C(=O)NCCCN1CCc2ccccc21)C(C)C. The summed E-state index contributed by atoms with van der Waals surface area (Å²) >= 11 is 0. The maximum Gasteiger partial charge on any atom is 0.252 e. The van der Waals surface area contributed by atoms with Crippen molar-refractivity contribution in [2.24, 2.45) is 5.92 Å². The minimum absolute atomic E-state index is 0.00780. The Morgan fingerprint density at radius 3 is 2.55 bits per heavy atom. The molecule has 1 aliphatic rings. The quantitative estimate of drug-likeness (QED) is 0.677. The molecular formula is C24H31N3O2. The lowest BCUT2D eigenvalue weighted by Gasteiger charge is -2.23. The van der Waals surface area contributed by atoms with Crippen molar-refractivity contribution < 1.29 is 9.59 Å². The average Bonchev–Trinajstić information content (AvgIpc) is 3.12. The Kier molecular flexibility index (Phi) is 6.91. The standard InChI is InChI=1S/C24H31N3O2/c1-17(2)22(26-23(28)20-11-6-4-9-18(20)3)24(29)25-14-8-15-27-16-13-19-10-5-7-12-21(19)27/h4-7,9-12,17,22H,8,13-16H2,1-3H3,(H,25,29)(H,26,28). The van der Waals surface area contributed by atoms with Crippen LogP contribution in [0.5, 0.6) is 0 Å². The molecule has 1 unspecified atom stereocenters. The van der Waals surface area contributed by atoms with Crippen LogP contribution in [0.25, 0.3) is 0 Å². The second-order valence-corrected chi connectivity index (χ2v) is 8.02. The van der Waals surface area contributed by atoms with Crippen LogP contribution in [-0.2, 0) is 11.2 Å². The van der Waals surface area contributed by atoms with Crippen LogP contribution in [0.2, 0.25) is 0 Å². The van der Waals surface area contributed by atoms with Crippen LogP contribution in [0.3, 0.4) is 0 Å². The van der Waals surface area contributed by atoms with Crippen LogP contribution in [0.15, 0.2) is 48.5 Å². The molecule has 1 aliphatic heterocycles. The Hall–Kier alpha value is -2.82. The first kappa shape index (κ1) is 20.9. The number of nitrogens with zero attached hydrogens (tertiary/aromatic N) is 1. The van der Waals surface area contributed by atoms with Gasteiger partial charge >= 0.3 is 0 Å². The Morgan fingerprint density at radius 1 is 1.07 bits per heavy atom. The highest BCUT2D eigenvalue weighted by Gasteiger charge is 2.25. The van der Waals surface area contributed by atoms with Crippen molar-refractivity contribution in [1.82, 2.24) is 10.6 Å². The maximum atomic E-state index is 12.7. The zero-order chi connectivity index (χ0) is 20.8. The summed E-state index contributed by atoms with van der Waals surface area (Å²) in [6.07, 6.45) is 1.96. The van der Waals surface area contributed by atoms with Crippen molar-refractivity contribution >= 4 is 17.5 Å². The normalized spacial score (nSPS) is 13.9. The molecule has 0 saturated heterocycles. The van der Waals surface area contributed by atoms with Crippen molar-refractivity contribution in [2.75, 3.05) is 24.5 Å². The fourth-order valence-electron chi connectivity index (χ4n) is 3.81. The monoisotopic (exact) mass is 393 g/mol. The Bertz CT molecular complexity index is 863. The van der Waals surface area contributed by atoms with E-state index < -0.39 is 6.04 Å². The number of hydrogen-bond donors (Lipinski definition) is 2. The molecule has 0 radical (unpaired) electrons. The van der Waals surface area contributed by atoms with Gasteiger partial charge in [-0.1, -0.05) is 50.2 Å². The zero-order valence-corrected chi connectivity index (χ0v) is 17.6. The highest BCUT2D eigenvalue weighted by molar-refractivity contribution is 5.98. The molecule has 154 valence electrons. The summed E-state index contributed by atoms with van der Waals surface area (Å²) in [6, 6.07) is 15.4. The van der Waals surface area contributed by atoms with E-state index in [0.717, 1.165) is 31.5 Å². The van der Waals surface area contributed by atoms with Crippen LogP contribution >= 0.6 is 0 Å². The number of carbonyl (C=O) groups is 2. The lowest BCUT2D eigenvalue weighted by atomic mass is 10.0. The predicted molar refractivity (Wildman–Crippen MR) is 117 cm³/mol. The molecule has 2 aromatic carbocycles. The summed E-state index contributed by atoms with van der Waals surface area (Å²) in [5.41, 5.74) is 4.22. The van der Waals surface area contributed by atoms with Crippen molar-refractivity contribution in [1.29, 1.82) is 0 Å². The molecule has 0 aliphatic carbocycles. The first-order valence-corrected chi connectivity index (χ1v) is 10.4. The van der Waals surface area contributed by atoms with E-state index in [0.29, 0.717) is 12.1 Å². The minimum Gasteiger partial charge on any atom is -0.371 e. The van der Waals surface area contributed by atoms with Crippen LogP contribution in [-0.4, -0.2) is 37.5 Å². The predicted octanol–water partition coefficient (Wildman–Crippen LogP) is 3.32. The van der Waals surface area contributed by atoms with Crippen molar-refractivity contribution in [3.63, 3.8) is 0 Å². The number of aryl methyl sites for hydroxylation is 1. The summed E-state index contributed by atoms with van der Waals surface area (Å²) < 4.78 is 0. The smallest absolute Gasteiger partial charge is 0.252 e. The fraction of sp³-hybridized carbons (Fsp3) is 0.417. The van der Waals surface area contributed by atoms with Crippen molar-refractivity contribution in [3.05, 3.63) is 65.2 Å². The van der Waals surface area contributed by atoms with Gasteiger partial charge in [-0.2, -0.15) is 0 Å². The van der Waals surface area contributed by atoms with Gasteiger partial charge in [-0.25, -0.2) is 0 Å². The second-order valence-electron chi connectivity index (χ2n) is 8.02. The van der Waals surface area contributed by atoms with E-state index in [2.05, 4.69) is 39.8 Å². The van der Waals surface area contributed by atoms with Crippen LogP contribution in [0.1, 0.15) is 41.8 Å². The molecule has 0 fully saturated rings. The van der Waals surface area contributed by atoms with Gasteiger partial charge in [0.05, 0.1) is 0 Å². The Balaban J connectivity index is 1.49. The van der Waals surface area contributed by atoms with Gasteiger partial charge in [-0.05, 0) is 48.9 Å². The summed E-state index contributed by atoms with van der Waals surface area (Å²) in [4.78, 5) is 27.7. The molecule has 1 atom stereocenters. The number of nitrogens with one attached hydrogen (secondary N) is 2. The summed E-state index contributed by atoms with van der Waals surface area (Å²) in [5.74, 6) is -0.317.